The van der Waals surface area contributed by atoms with E-state index in [0.29, 0.717) is 25.3 Å². The monoisotopic (exact) mass is 252 g/mol. The molecule has 1 rings (SSSR count). The molecule has 6 heteroatoms. The van der Waals surface area contributed by atoms with E-state index in [-0.39, 0.29) is 18.6 Å². The number of nitrogens with zero attached hydrogens (tertiary/aromatic N) is 3. The number of amides is 1. The van der Waals surface area contributed by atoms with Crippen molar-refractivity contribution in [2.24, 2.45) is 0 Å². The summed E-state index contributed by atoms with van der Waals surface area (Å²) >= 11 is 0. The van der Waals surface area contributed by atoms with Crippen LogP contribution in [0.3, 0.4) is 0 Å². The first-order chi connectivity index (χ1) is 8.63. The quantitative estimate of drug-likeness (QED) is 0.724. The fourth-order valence-corrected chi connectivity index (χ4v) is 1.41. The summed E-state index contributed by atoms with van der Waals surface area (Å²) in [6.45, 7) is 2.59. The molecule has 1 amide bonds. The van der Waals surface area contributed by atoms with Gasteiger partial charge in [-0.3, -0.25) is 4.79 Å². The fourth-order valence-electron chi connectivity index (χ4n) is 1.41. The summed E-state index contributed by atoms with van der Waals surface area (Å²) in [7, 11) is 1.76. The minimum atomic E-state index is -0.347. The Morgan fingerprint density at radius 1 is 1.50 bits per heavy atom. The number of carbonyl (C=O) groups is 1. The van der Waals surface area contributed by atoms with E-state index in [1.807, 2.05) is 6.92 Å². The van der Waals surface area contributed by atoms with Crippen LogP contribution in [0.1, 0.15) is 19.8 Å². The molecule has 0 fully saturated rings. The zero-order valence-corrected chi connectivity index (χ0v) is 10.8. The first kappa shape index (κ1) is 14.4. The first-order valence-electron chi connectivity index (χ1n) is 6.06. The second-order valence-electron chi connectivity index (χ2n) is 4.11. The van der Waals surface area contributed by atoms with E-state index in [9.17, 15) is 9.90 Å². The van der Waals surface area contributed by atoms with Gasteiger partial charge in [-0.2, -0.15) is 0 Å². The maximum absolute atomic E-state index is 11.6. The molecule has 0 saturated heterocycles. The molecule has 0 aliphatic rings. The summed E-state index contributed by atoms with van der Waals surface area (Å²) in [5.74, 6) is 0.412. The molecule has 18 heavy (non-hydrogen) atoms. The second-order valence-corrected chi connectivity index (χ2v) is 4.11. The Morgan fingerprint density at radius 3 is 2.78 bits per heavy atom. The van der Waals surface area contributed by atoms with Gasteiger partial charge in [-0.15, -0.1) is 0 Å². The number of carbonyl (C=O) groups excluding carboxylic acids is 1. The molecule has 0 aromatic carbocycles. The maximum Gasteiger partial charge on any atom is 0.239 e. The lowest BCUT2D eigenvalue weighted by Gasteiger charge is -2.16. The molecule has 2 N–H and O–H groups in total. The van der Waals surface area contributed by atoms with Crippen LogP contribution in [0.2, 0.25) is 0 Å². The number of aliphatic hydroxyl groups is 1. The molecule has 0 aliphatic carbocycles. The number of aromatic nitrogens is 2. The summed E-state index contributed by atoms with van der Waals surface area (Å²) in [6.07, 6.45) is 4.20. The lowest BCUT2D eigenvalue weighted by molar-refractivity contribution is -0.119. The molecule has 0 bridgehead atoms. The predicted molar refractivity (Wildman–Crippen MR) is 69.2 cm³/mol. The minimum absolute atomic E-state index is 0.103. The smallest absolute Gasteiger partial charge is 0.239 e. The van der Waals surface area contributed by atoms with Crippen LogP contribution in [0, 0.1) is 0 Å². The number of likely N-dealkylation sites (N-methyl/N-ethyl adjacent to an activating group) is 1. The minimum Gasteiger partial charge on any atom is -0.393 e. The average molecular weight is 252 g/mol. The van der Waals surface area contributed by atoms with E-state index in [0.717, 1.165) is 0 Å². The van der Waals surface area contributed by atoms with Crippen LogP contribution in [0.15, 0.2) is 18.5 Å². The predicted octanol–water partition coefficient (Wildman–Crippen LogP) is 0.190. The van der Waals surface area contributed by atoms with Crippen LogP contribution < -0.4 is 10.2 Å². The van der Waals surface area contributed by atoms with Gasteiger partial charge in [0.1, 0.15) is 0 Å². The van der Waals surface area contributed by atoms with Gasteiger partial charge in [0.05, 0.1) is 12.6 Å². The van der Waals surface area contributed by atoms with Crippen LogP contribution >= 0.6 is 0 Å². The third-order valence-electron chi connectivity index (χ3n) is 2.55. The SMILES string of the molecule is CCC(O)CCNC(=O)CN(C)c1ncccn1. The molecule has 1 aromatic rings. The van der Waals surface area contributed by atoms with Crippen LogP contribution in [0.25, 0.3) is 0 Å². The topological polar surface area (TPSA) is 78.4 Å². The molecule has 0 spiro atoms. The Kier molecular flexibility index (Phi) is 6.07. The van der Waals surface area contributed by atoms with Gasteiger partial charge in [0.25, 0.3) is 0 Å². The molecular formula is C12H20N4O2. The average Bonchev–Trinajstić information content (AvgIpc) is 2.39. The van der Waals surface area contributed by atoms with Gasteiger partial charge in [0.2, 0.25) is 11.9 Å². The van der Waals surface area contributed by atoms with Crippen LogP contribution in [-0.4, -0.2) is 47.2 Å². The molecule has 1 unspecified atom stereocenters. The Balaban J connectivity index is 2.28. The largest absolute Gasteiger partial charge is 0.393 e. The Morgan fingerprint density at radius 2 is 2.17 bits per heavy atom. The first-order valence-corrected chi connectivity index (χ1v) is 6.06. The third kappa shape index (κ3) is 5.09. The van der Waals surface area contributed by atoms with Gasteiger partial charge < -0.3 is 15.3 Å². The lowest BCUT2D eigenvalue weighted by atomic mass is 10.2. The van der Waals surface area contributed by atoms with Gasteiger partial charge in [-0.1, -0.05) is 6.92 Å². The van der Waals surface area contributed by atoms with Crippen molar-refractivity contribution < 1.29 is 9.90 Å². The molecule has 1 heterocycles. The molecule has 0 saturated carbocycles. The number of rotatable bonds is 7. The van der Waals surface area contributed by atoms with Crippen LogP contribution in [0.4, 0.5) is 5.95 Å². The highest BCUT2D eigenvalue weighted by Crippen LogP contribution is 2.00. The van der Waals surface area contributed by atoms with E-state index in [2.05, 4.69) is 15.3 Å². The highest BCUT2D eigenvalue weighted by atomic mass is 16.3. The zero-order chi connectivity index (χ0) is 13.4. The number of aliphatic hydroxyl groups excluding tert-OH is 1. The van der Waals surface area contributed by atoms with Crippen molar-refractivity contribution in [2.75, 3.05) is 25.0 Å². The van der Waals surface area contributed by atoms with Crippen molar-refractivity contribution in [3.05, 3.63) is 18.5 Å². The molecular weight excluding hydrogens is 232 g/mol. The molecule has 100 valence electrons. The van der Waals surface area contributed by atoms with Crippen LogP contribution in [0.5, 0.6) is 0 Å². The molecule has 0 aliphatic heterocycles. The summed E-state index contributed by atoms with van der Waals surface area (Å²) in [5, 5.41) is 12.1. The van der Waals surface area contributed by atoms with Gasteiger partial charge in [-0.25, -0.2) is 9.97 Å². The van der Waals surface area contributed by atoms with Gasteiger partial charge >= 0.3 is 0 Å². The molecule has 6 nitrogen and oxygen atoms in total. The van der Waals surface area contributed by atoms with Crippen molar-refractivity contribution in [1.82, 2.24) is 15.3 Å². The fraction of sp³-hybridized carbons (Fsp3) is 0.583. The van der Waals surface area contributed by atoms with Gasteiger partial charge in [0, 0.05) is 26.0 Å². The molecule has 1 aromatic heterocycles. The van der Waals surface area contributed by atoms with Crippen molar-refractivity contribution in [3.8, 4) is 0 Å². The summed E-state index contributed by atoms with van der Waals surface area (Å²) in [4.78, 5) is 21.4. The van der Waals surface area contributed by atoms with Crippen molar-refractivity contribution >= 4 is 11.9 Å². The standard InChI is InChI=1S/C12H20N4O2/c1-3-10(17)5-8-13-11(18)9-16(2)12-14-6-4-7-15-12/h4,6-7,10,17H,3,5,8-9H2,1-2H3,(H,13,18). The van der Waals surface area contributed by atoms with E-state index >= 15 is 0 Å². The second kappa shape index (κ2) is 7.60. The Hall–Kier alpha value is -1.69. The number of hydrogen-bond acceptors (Lipinski definition) is 5. The molecule has 1 atom stereocenters. The lowest BCUT2D eigenvalue weighted by Crippen LogP contribution is -2.37. The summed E-state index contributed by atoms with van der Waals surface area (Å²) in [5.41, 5.74) is 0. The highest BCUT2D eigenvalue weighted by molar-refractivity contribution is 5.80. The number of nitrogens with one attached hydrogen (secondary N) is 1. The van der Waals surface area contributed by atoms with Gasteiger partial charge in [0.15, 0.2) is 0 Å². The Labute approximate surface area is 107 Å². The normalized spacial score (nSPS) is 11.9. The van der Waals surface area contributed by atoms with E-state index in [1.54, 1.807) is 30.4 Å². The Bertz CT molecular complexity index is 358. The van der Waals surface area contributed by atoms with Crippen molar-refractivity contribution in [2.45, 2.75) is 25.9 Å². The molecule has 0 radical (unpaired) electrons. The van der Waals surface area contributed by atoms with Crippen LogP contribution in [-0.2, 0) is 4.79 Å². The van der Waals surface area contributed by atoms with Crippen molar-refractivity contribution in [3.63, 3.8) is 0 Å². The third-order valence-corrected chi connectivity index (χ3v) is 2.55. The summed E-state index contributed by atoms with van der Waals surface area (Å²) in [6, 6.07) is 1.73. The van der Waals surface area contributed by atoms with Gasteiger partial charge in [-0.05, 0) is 18.9 Å². The van der Waals surface area contributed by atoms with E-state index < -0.39 is 0 Å². The van der Waals surface area contributed by atoms with E-state index in [1.165, 1.54) is 0 Å². The highest BCUT2D eigenvalue weighted by Gasteiger charge is 2.09. The zero-order valence-electron chi connectivity index (χ0n) is 10.8. The van der Waals surface area contributed by atoms with Crippen molar-refractivity contribution in [1.29, 1.82) is 0 Å². The maximum atomic E-state index is 11.6. The number of hydrogen-bond donors (Lipinski definition) is 2. The van der Waals surface area contributed by atoms with E-state index in [4.69, 9.17) is 0 Å². The number of anilines is 1. The summed E-state index contributed by atoms with van der Waals surface area (Å²) < 4.78 is 0.